The summed E-state index contributed by atoms with van der Waals surface area (Å²) in [4.78, 5) is 5.64. The molecule has 0 radical (unpaired) electrons. The Hall–Kier alpha value is -12.1. The highest BCUT2D eigenvalue weighted by atomic mass is 15.1. The summed E-state index contributed by atoms with van der Waals surface area (Å²) in [5.74, 6) is 0.883. The molecule has 0 spiro atoms. The molecule has 19 aromatic rings. The molecule has 5 aromatic heterocycles. The van der Waals surface area contributed by atoms with Gasteiger partial charge in [0.15, 0.2) is 0 Å². The second-order valence-corrected chi connectivity index (χ2v) is 23.8. The van der Waals surface area contributed by atoms with Gasteiger partial charge in [0.25, 0.3) is 0 Å². The Morgan fingerprint density at radius 2 is 0.511 bits per heavy atom. The summed E-state index contributed by atoms with van der Waals surface area (Å²) in [6.45, 7) is 0. The molecule has 0 fully saturated rings. The zero-order valence-electron chi connectivity index (χ0n) is 48.8. The topological polar surface area (TPSA) is 32.6 Å². The SMILES string of the molecule is c1ccc(-n2c3ccccc3c3cc(-c4ccc5c(c4)c4ccccc4n5-c4ccc(-c5ccc(-c6cc(-n7c8ccccc8c8cc(-c9ccc%10c(c9)c9ccccc9n%10-c9ccccc9)ccc87)nc7c6ccc6ccccc67)cc5)cc4)ccc32)cc1. The number of aromatic nitrogens is 5. The molecule has 0 amide bonds. The van der Waals surface area contributed by atoms with Crippen molar-refractivity contribution in [2.75, 3.05) is 0 Å². The van der Waals surface area contributed by atoms with Gasteiger partial charge in [-0.3, -0.25) is 4.57 Å². The van der Waals surface area contributed by atoms with Gasteiger partial charge in [0.2, 0.25) is 0 Å². The fourth-order valence-electron chi connectivity index (χ4n) is 14.8. The standard InChI is InChI=1S/C85H53N5/c1-3-18-62(19-4-1)87-76-27-13-9-23-66(76)72-49-58(38-45-80(72)87)59-40-47-82-74(51-59)68-25-11-15-29-78(68)89(82)64-42-35-55(36-43-64)54-31-33-57(34-32-54)71-53-84(86-85-65-22-8-7-17-56(65)37-44-70(71)85)90-79-30-16-12-26-69(79)75-52-61(41-48-83(75)90)60-39-46-81-73(50-60)67-24-10-14-28-77(67)88(81)63-20-5-2-6-21-63/h1-53H. The van der Waals surface area contributed by atoms with Crippen molar-refractivity contribution in [1.29, 1.82) is 0 Å². The second kappa shape index (κ2) is 19.7. The molecule has 0 atom stereocenters. The number of rotatable bonds is 8. The van der Waals surface area contributed by atoms with Crippen molar-refractivity contribution in [2.45, 2.75) is 0 Å². The van der Waals surface area contributed by atoms with E-state index in [0.29, 0.717) is 0 Å². The fourth-order valence-corrected chi connectivity index (χ4v) is 14.8. The number of fused-ring (bicyclic) bond motifs is 15. The molecule has 0 aliphatic rings. The van der Waals surface area contributed by atoms with E-state index < -0.39 is 0 Å². The van der Waals surface area contributed by atoms with Crippen molar-refractivity contribution in [3.05, 3.63) is 322 Å². The molecule has 418 valence electrons. The average Bonchev–Trinajstić information content (AvgIpc) is 1.63. The van der Waals surface area contributed by atoms with Crippen LogP contribution in [-0.4, -0.2) is 23.3 Å². The first-order valence-corrected chi connectivity index (χ1v) is 30.9. The van der Waals surface area contributed by atoms with E-state index in [2.05, 4.69) is 340 Å². The lowest BCUT2D eigenvalue weighted by molar-refractivity contribution is 1.10. The Morgan fingerprint density at radius 3 is 0.956 bits per heavy atom. The molecule has 0 saturated carbocycles. The largest absolute Gasteiger partial charge is 0.309 e. The van der Waals surface area contributed by atoms with Gasteiger partial charge >= 0.3 is 0 Å². The summed E-state index contributed by atoms with van der Waals surface area (Å²) < 4.78 is 9.54. The number of nitrogens with zero attached hydrogens (tertiary/aromatic N) is 5. The molecule has 19 rings (SSSR count). The Balaban J connectivity index is 0.677. The van der Waals surface area contributed by atoms with Crippen LogP contribution in [0.15, 0.2) is 322 Å². The summed E-state index contributed by atoms with van der Waals surface area (Å²) in [6, 6.07) is 118. The van der Waals surface area contributed by atoms with Crippen LogP contribution in [0.4, 0.5) is 0 Å². The molecular weight excluding hydrogens is 1090 g/mol. The molecule has 0 aliphatic heterocycles. The van der Waals surface area contributed by atoms with Crippen LogP contribution in [0.25, 0.3) is 176 Å². The normalized spacial score (nSPS) is 12.0. The summed E-state index contributed by atoms with van der Waals surface area (Å²) in [5, 5.41) is 13.2. The van der Waals surface area contributed by atoms with Gasteiger partial charge in [-0.1, -0.05) is 206 Å². The lowest BCUT2D eigenvalue weighted by Gasteiger charge is -2.15. The number of hydrogen-bond acceptors (Lipinski definition) is 1. The average molecular weight is 1140 g/mol. The van der Waals surface area contributed by atoms with E-state index in [1.807, 2.05) is 0 Å². The number of benzene rings is 14. The van der Waals surface area contributed by atoms with Gasteiger partial charge < -0.3 is 13.7 Å². The van der Waals surface area contributed by atoms with Gasteiger partial charge in [0.1, 0.15) is 5.82 Å². The first-order valence-electron chi connectivity index (χ1n) is 30.9. The van der Waals surface area contributed by atoms with Crippen LogP contribution in [0.2, 0.25) is 0 Å². The minimum Gasteiger partial charge on any atom is -0.309 e. The number of para-hydroxylation sites is 6. The Morgan fingerprint density at radius 1 is 0.189 bits per heavy atom. The smallest absolute Gasteiger partial charge is 0.138 e. The minimum atomic E-state index is 0.883. The van der Waals surface area contributed by atoms with Crippen LogP contribution >= 0.6 is 0 Å². The molecule has 14 aromatic carbocycles. The highest BCUT2D eigenvalue weighted by Crippen LogP contribution is 2.43. The first-order chi connectivity index (χ1) is 44.6. The van der Waals surface area contributed by atoms with Gasteiger partial charge in [-0.25, -0.2) is 4.98 Å². The third-order valence-electron chi connectivity index (χ3n) is 19.0. The fraction of sp³-hybridized carbons (Fsp3) is 0. The van der Waals surface area contributed by atoms with E-state index in [4.69, 9.17) is 4.98 Å². The maximum Gasteiger partial charge on any atom is 0.138 e. The van der Waals surface area contributed by atoms with E-state index in [9.17, 15) is 0 Å². The predicted octanol–water partition coefficient (Wildman–Crippen LogP) is 22.4. The van der Waals surface area contributed by atoms with E-state index in [0.717, 1.165) is 72.5 Å². The van der Waals surface area contributed by atoms with Crippen LogP contribution in [0, 0.1) is 0 Å². The van der Waals surface area contributed by atoms with Crippen LogP contribution in [0.1, 0.15) is 0 Å². The van der Waals surface area contributed by atoms with E-state index in [1.54, 1.807) is 0 Å². The third kappa shape index (κ3) is 7.66. The third-order valence-corrected chi connectivity index (χ3v) is 19.0. The van der Waals surface area contributed by atoms with Crippen molar-refractivity contribution in [1.82, 2.24) is 23.3 Å². The first kappa shape index (κ1) is 50.1. The maximum absolute atomic E-state index is 5.64. The molecular formula is C85H53N5. The molecule has 0 bridgehead atoms. The van der Waals surface area contributed by atoms with Gasteiger partial charge in [-0.15, -0.1) is 0 Å². The maximum atomic E-state index is 5.64. The molecule has 90 heavy (non-hydrogen) atoms. The molecule has 5 nitrogen and oxygen atoms in total. The second-order valence-electron chi connectivity index (χ2n) is 23.8. The van der Waals surface area contributed by atoms with Gasteiger partial charge in [0.05, 0.1) is 49.7 Å². The molecule has 0 aliphatic carbocycles. The van der Waals surface area contributed by atoms with Gasteiger partial charge in [-0.05, 0) is 165 Å². The molecule has 0 saturated heterocycles. The quantitative estimate of drug-likeness (QED) is 0.140. The van der Waals surface area contributed by atoms with Gasteiger partial charge in [-0.2, -0.15) is 0 Å². The Kier molecular flexibility index (Phi) is 11.0. The lowest BCUT2D eigenvalue weighted by atomic mass is 9.96. The minimum absolute atomic E-state index is 0.883. The molecule has 5 heterocycles. The summed E-state index contributed by atoms with van der Waals surface area (Å²) in [6.07, 6.45) is 0. The van der Waals surface area contributed by atoms with Crippen molar-refractivity contribution in [3.63, 3.8) is 0 Å². The van der Waals surface area contributed by atoms with Crippen LogP contribution < -0.4 is 0 Å². The van der Waals surface area contributed by atoms with Crippen LogP contribution in [0.3, 0.4) is 0 Å². The van der Waals surface area contributed by atoms with Crippen molar-refractivity contribution in [3.8, 4) is 67.4 Å². The van der Waals surface area contributed by atoms with E-state index in [-0.39, 0.29) is 0 Å². The Labute approximate surface area is 518 Å². The molecule has 5 heteroatoms. The van der Waals surface area contributed by atoms with Crippen LogP contribution in [-0.2, 0) is 0 Å². The summed E-state index contributed by atoms with van der Waals surface area (Å²) in [5.41, 5.74) is 23.2. The lowest BCUT2D eigenvalue weighted by Crippen LogP contribution is -2.00. The van der Waals surface area contributed by atoms with Crippen molar-refractivity contribution >= 4 is 109 Å². The summed E-state index contributed by atoms with van der Waals surface area (Å²) in [7, 11) is 0. The van der Waals surface area contributed by atoms with Gasteiger partial charge in [0, 0.05) is 70.9 Å². The molecule has 0 N–H and O–H groups in total. The van der Waals surface area contributed by atoms with Crippen molar-refractivity contribution < 1.29 is 0 Å². The zero-order valence-corrected chi connectivity index (χ0v) is 48.8. The predicted molar refractivity (Wildman–Crippen MR) is 378 cm³/mol. The monoisotopic (exact) mass is 1140 g/mol. The molecule has 0 unspecified atom stereocenters. The Bertz CT molecular complexity index is 6120. The number of pyridine rings is 1. The van der Waals surface area contributed by atoms with E-state index in [1.165, 1.54) is 104 Å². The highest BCUT2D eigenvalue weighted by molar-refractivity contribution is 6.16. The van der Waals surface area contributed by atoms with Crippen LogP contribution in [0.5, 0.6) is 0 Å². The van der Waals surface area contributed by atoms with E-state index >= 15 is 0 Å². The number of hydrogen-bond donors (Lipinski definition) is 0. The highest BCUT2D eigenvalue weighted by Gasteiger charge is 2.21. The zero-order chi connectivity index (χ0) is 59.0. The van der Waals surface area contributed by atoms with Crippen molar-refractivity contribution in [2.24, 2.45) is 0 Å². The summed E-state index contributed by atoms with van der Waals surface area (Å²) >= 11 is 0.